The fraction of sp³-hybridized carbons (Fsp3) is 0.0714. The van der Waals surface area contributed by atoms with Gasteiger partial charge >= 0.3 is 0 Å². The number of benzene rings is 2. The minimum atomic E-state index is -0.877. The Labute approximate surface area is 117 Å². The van der Waals surface area contributed by atoms with Gasteiger partial charge in [-0.2, -0.15) is 0 Å². The highest BCUT2D eigenvalue weighted by atomic mass is 79.9. The minimum Gasteiger partial charge on any atom is -0.322 e. The maximum Gasteiger partial charge on any atom is 0.258 e. The van der Waals surface area contributed by atoms with Crippen molar-refractivity contribution in [2.24, 2.45) is 0 Å². The normalized spacial score (nSPS) is 10.3. The molecule has 0 spiro atoms. The lowest BCUT2D eigenvalue weighted by molar-refractivity contribution is 0.102. The van der Waals surface area contributed by atoms with E-state index >= 15 is 0 Å². The van der Waals surface area contributed by atoms with Gasteiger partial charge in [0.1, 0.15) is 11.6 Å². The Morgan fingerprint density at radius 2 is 1.74 bits per heavy atom. The van der Waals surface area contributed by atoms with Crippen molar-refractivity contribution < 1.29 is 13.6 Å². The lowest BCUT2D eigenvalue weighted by atomic mass is 10.1. The summed E-state index contributed by atoms with van der Waals surface area (Å²) in [5.74, 6) is -2.15. The van der Waals surface area contributed by atoms with Crippen molar-refractivity contribution >= 4 is 27.5 Å². The molecule has 0 saturated heterocycles. The third-order valence-electron chi connectivity index (χ3n) is 2.60. The van der Waals surface area contributed by atoms with Crippen LogP contribution in [-0.4, -0.2) is 5.91 Å². The number of nitrogens with one attached hydrogen (secondary N) is 1. The second kappa shape index (κ2) is 5.48. The lowest BCUT2D eigenvalue weighted by Crippen LogP contribution is -2.14. The number of carbonyl (C=O) groups excluding carboxylic acids is 1. The third kappa shape index (κ3) is 3.17. The van der Waals surface area contributed by atoms with Crippen LogP contribution in [0.3, 0.4) is 0 Å². The Hall–Kier alpha value is -1.75. The molecule has 0 bridgehead atoms. The van der Waals surface area contributed by atoms with E-state index in [4.69, 9.17) is 0 Å². The Bertz CT molecular complexity index is 626. The first-order chi connectivity index (χ1) is 8.97. The summed E-state index contributed by atoms with van der Waals surface area (Å²) in [6.07, 6.45) is 0. The Morgan fingerprint density at radius 3 is 2.37 bits per heavy atom. The number of rotatable bonds is 2. The molecule has 2 aromatic carbocycles. The predicted octanol–water partition coefficient (Wildman–Crippen LogP) is 4.29. The van der Waals surface area contributed by atoms with Crippen LogP contribution in [0.4, 0.5) is 14.5 Å². The van der Waals surface area contributed by atoms with Gasteiger partial charge in [-0.25, -0.2) is 8.78 Å². The van der Waals surface area contributed by atoms with Gasteiger partial charge in [0.25, 0.3) is 5.91 Å². The number of carbonyl (C=O) groups is 1. The van der Waals surface area contributed by atoms with E-state index in [9.17, 15) is 13.6 Å². The standard InChI is InChI=1S/C14H10BrF2NO/c1-8-6-11(13(17)7-12(8)16)14(19)18-10-4-2-9(15)3-5-10/h2-7H,1H3,(H,18,19). The molecular weight excluding hydrogens is 316 g/mol. The highest BCUT2D eigenvalue weighted by Gasteiger charge is 2.14. The van der Waals surface area contributed by atoms with Gasteiger partial charge < -0.3 is 5.32 Å². The molecule has 0 heterocycles. The molecule has 1 N–H and O–H groups in total. The largest absolute Gasteiger partial charge is 0.322 e. The SMILES string of the molecule is Cc1cc(C(=O)Nc2ccc(Br)cc2)c(F)cc1F. The van der Waals surface area contributed by atoms with Gasteiger partial charge in [0.15, 0.2) is 0 Å². The lowest BCUT2D eigenvalue weighted by Gasteiger charge is -2.07. The monoisotopic (exact) mass is 325 g/mol. The first-order valence-electron chi connectivity index (χ1n) is 5.50. The zero-order chi connectivity index (χ0) is 14.0. The summed E-state index contributed by atoms with van der Waals surface area (Å²) in [4.78, 5) is 11.9. The van der Waals surface area contributed by atoms with Crippen molar-refractivity contribution in [3.05, 3.63) is 63.6 Å². The van der Waals surface area contributed by atoms with E-state index in [2.05, 4.69) is 21.2 Å². The molecule has 2 aromatic rings. The number of amides is 1. The summed E-state index contributed by atoms with van der Waals surface area (Å²) < 4.78 is 27.5. The predicted molar refractivity (Wildman–Crippen MR) is 73.2 cm³/mol. The van der Waals surface area contributed by atoms with E-state index in [1.54, 1.807) is 24.3 Å². The molecule has 0 saturated carbocycles. The van der Waals surface area contributed by atoms with Crippen molar-refractivity contribution in [2.45, 2.75) is 6.92 Å². The Morgan fingerprint density at radius 1 is 1.11 bits per heavy atom. The fourth-order valence-electron chi connectivity index (χ4n) is 1.56. The zero-order valence-electron chi connectivity index (χ0n) is 10.0. The fourth-order valence-corrected chi connectivity index (χ4v) is 1.83. The minimum absolute atomic E-state index is 0.179. The van der Waals surface area contributed by atoms with Gasteiger partial charge in [-0.05, 0) is 42.8 Å². The maximum atomic E-state index is 13.5. The van der Waals surface area contributed by atoms with Crippen molar-refractivity contribution in [2.75, 3.05) is 5.32 Å². The van der Waals surface area contributed by atoms with Crippen LogP contribution in [0.15, 0.2) is 40.9 Å². The van der Waals surface area contributed by atoms with E-state index in [-0.39, 0.29) is 11.1 Å². The van der Waals surface area contributed by atoms with Gasteiger partial charge in [-0.1, -0.05) is 15.9 Å². The van der Waals surface area contributed by atoms with E-state index in [1.165, 1.54) is 13.0 Å². The summed E-state index contributed by atoms with van der Waals surface area (Å²) in [6.45, 7) is 1.48. The summed E-state index contributed by atoms with van der Waals surface area (Å²) in [5, 5.41) is 2.55. The average Bonchev–Trinajstić information content (AvgIpc) is 2.36. The van der Waals surface area contributed by atoms with Gasteiger partial charge in [0.2, 0.25) is 0 Å². The summed E-state index contributed by atoms with van der Waals surface area (Å²) in [6, 6.07) is 8.76. The molecular formula is C14H10BrF2NO. The Balaban J connectivity index is 2.25. The smallest absolute Gasteiger partial charge is 0.258 e. The molecule has 0 radical (unpaired) electrons. The second-order valence-electron chi connectivity index (χ2n) is 4.04. The molecule has 0 unspecified atom stereocenters. The van der Waals surface area contributed by atoms with Crippen LogP contribution in [0.25, 0.3) is 0 Å². The van der Waals surface area contributed by atoms with Crippen molar-refractivity contribution in [1.29, 1.82) is 0 Å². The molecule has 2 nitrogen and oxygen atoms in total. The molecule has 19 heavy (non-hydrogen) atoms. The van der Waals surface area contributed by atoms with Crippen LogP contribution >= 0.6 is 15.9 Å². The third-order valence-corrected chi connectivity index (χ3v) is 3.12. The molecule has 5 heteroatoms. The first kappa shape index (κ1) is 13.7. The van der Waals surface area contributed by atoms with Crippen LogP contribution in [0.2, 0.25) is 0 Å². The molecule has 0 fully saturated rings. The molecule has 0 aliphatic rings. The number of aryl methyl sites for hydroxylation is 1. The van der Waals surface area contributed by atoms with Gasteiger partial charge in [0.05, 0.1) is 5.56 Å². The highest BCUT2D eigenvalue weighted by molar-refractivity contribution is 9.10. The topological polar surface area (TPSA) is 29.1 Å². The molecule has 0 aliphatic heterocycles. The van der Waals surface area contributed by atoms with E-state index in [1.807, 2.05) is 0 Å². The van der Waals surface area contributed by atoms with Crippen LogP contribution in [0.1, 0.15) is 15.9 Å². The number of halogens is 3. The van der Waals surface area contributed by atoms with Crippen LogP contribution < -0.4 is 5.32 Å². The van der Waals surface area contributed by atoms with E-state index < -0.39 is 17.5 Å². The molecule has 98 valence electrons. The second-order valence-corrected chi connectivity index (χ2v) is 4.96. The maximum absolute atomic E-state index is 13.5. The van der Waals surface area contributed by atoms with Gasteiger partial charge in [-0.15, -0.1) is 0 Å². The van der Waals surface area contributed by atoms with Crippen LogP contribution in [0.5, 0.6) is 0 Å². The first-order valence-corrected chi connectivity index (χ1v) is 6.29. The average molecular weight is 326 g/mol. The summed E-state index contributed by atoms with van der Waals surface area (Å²) in [5.41, 5.74) is 0.582. The van der Waals surface area contributed by atoms with Crippen molar-refractivity contribution in [3.63, 3.8) is 0 Å². The zero-order valence-corrected chi connectivity index (χ0v) is 11.6. The van der Waals surface area contributed by atoms with E-state index in [0.29, 0.717) is 11.8 Å². The molecule has 0 atom stereocenters. The van der Waals surface area contributed by atoms with Gasteiger partial charge in [-0.3, -0.25) is 4.79 Å². The number of anilines is 1. The molecule has 0 aliphatic carbocycles. The Kier molecular flexibility index (Phi) is 3.95. The van der Waals surface area contributed by atoms with Crippen LogP contribution in [-0.2, 0) is 0 Å². The molecule has 0 aromatic heterocycles. The van der Waals surface area contributed by atoms with Crippen molar-refractivity contribution in [3.8, 4) is 0 Å². The number of hydrogen-bond acceptors (Lipinski definition) is 1. The number of hydrogen-bond donors (Lipinski definition) is 1. The summed E-state index contributed by atoms with van der Waals surface area (Å²) in [7, 11) is 0. The van der Waals surface area contributed by atoms with Gasteiger partial charge in [0, 0.05) is 16.2 Å². The highest BCUT2D eigenvalue weighted by Crippen LogP contribution is 2.18. The molecule has 2 rings (SSSR count). The molecule has 1 amide bonds. The van der Waals surface area contributed by atoms with E-state index in [0.717, 1.165) is 4.47 Å². The summed E-state index contributed by atoms with van der Waals surface area (Å²) >= 11 is 3.27. The quantitative estimate of drug-likeness (QED) is 0.876. The van der Waals surface area contributed by atoms with Crippen LogP contribution in [0, 0.1) is 18.6 Å². The van der Waals surface area contributed by atoms with Crippen molar-refractivity contribution in [1.82, 2.24) is 0 Å².